The molecule has 0 amide bonds. The highest BCUT2D eigenvalue weighted by Crippen LogP contribution is 2.29. The Hall–Kier alpha value is -1.57. The van der Waals surface area contributed by atoms with E-state index in [2.05, 4.69) is 23.2 Å². The van der Waals surface area contributed by atoms with Crippen LogP contribution in [0, 0.1) is 6.92 Å². The predicted octanol–water partition coefficient (Wildman–Crippen LogP) is 5.15. The molecule has 98 valence electrons. The van der Waals surface area contributed by atoms with Crippen molar-refractivity contribution < 1.29 is 4.42 Å². The fourth-order valence-electron chi connectivity index (χ4n) is 1.92. The van der Waals surface area contributed by atoms with Gasteiger partial charge < -0.3 is 4.42 Å². The standard InChI is InChI=1S/C12H11NO.2C2H6/c1-8-6-7-10-9-4-2-3-5-11(9)14-12(10)13-8;2*1-2/h2,4,6-7H,3,5H2,1H3;2*1-2H3. The SMILES string of the molecule is CC.CC.Cc1ccc2c3c(oc2n1)CCC=C3. The first kappa shape index (κ1) is 14.5. The molecule has 2 heteroatoms. The molecule has 1 aliphatic rings. The first-order chi connectivity index (χ1) is 8.84. The van der Waals surface area contributed by atoms with E-state index in [4.69, 9.17) is 4.42 Å². The molecule has 0 spiro atoms. The van der Waals surface area contributed by atoms with Crippen LogP contribution in [0.5, 0.6) is 0 Å². The van der Waals surface area contributed by atoms with Crippen LogP contribution in [0.2, 0.25) is 0 Å². The monoisotopic (exact) mass is 245 g/mol. The first-order valence-electron chi connectivity index (χ1n) is 6.90. The van der Waals surface area contributed by atoms with E-state index in [0.29, 0.717) is 0 Å². The Morgan fingerprint density at radius 1 is 1.11 bits per heavy atom. The first-order valence-corrected chi connectivity index (χ1v) is 6.90. The Bertz CT molecular complexity index is 523. The highest BCUT2D eigenvalue weighted by atomic mass is 16.3. The van der Waals surface area contributed by atoms with Crippen LogP contribution in [-0.2, 0) is 6.42 Å². The number of hydrogen-bond donors (Lipinski definition) is 0. The fourth-order valence-corrected chi connectivity index (χ4v) is 1.92. The normalized spacial score (nSPS) is 12.1. The molecular weight excluding hydrogens is 222 g/mol. The highest BCUT2D eigenvalue weighted by molar-refractivity contribution is 5.86. The predicted molar refractivity (Wildman–Crippen MR) is 78.8 cm³/mol. The number of hydrogen-bond acceptors (Lipinski definition) is 2. The van der Waals surface area contributed by atoms with Crippen molar-refractivity contribution in [2.24, 2.45) is 0 Å². The number of rotatable bonds is 0. The Labute approximate surface area is 110 Å². The lowest BCUT2D eigenvalue weighted by Gasteiger charge is -2.00. The molecule has 2 heterocycles. The van der Waals surface area contributed by atoms with E-state index in [1.54, 1.807) is 0 Å². The minimum absolute atomic E-state index is 0.779. The zero-order valence-electron chi connectivity index (χ0n) is 12.1. The van der Waals surface area contributed by atoms with Gasteiger partial charge in [0.05, 0.1) is 0 Å². The van der Waals surface area contributed by atoms with Gasteiger partial charge in [-0.25, -0.2) is 4.98 Å². The van der Waals surface area contributed by atoms with Gasteiger partial charge in [-0.3, -0.25) is 0 Å². The number of fused-ring (bicyclic) bond motifs is 3. The molecule has 3 rings (SSSR count). The summed E-state index contributed by atoms with van der Waals surface area (Å²) in [4.78, 5) is 4.38. The molecule has 0 radical (unpaired) electrons. The van der Waals surface area contributed by atoms with Crippen molar-refractivity contribution in [2.45, 2.75) is 47.5 Å². The summed E-state index contributed by atoms with van der Waals surface area (Å²) in [6.45, 7) is 9.98. The maximum absolute atomic E-state index is 5.71. The van der Waals surface area contributed by atoms with E-state index in [1.807, 2.05) is 40.7 Å². The van der Waals surface area contributed by atoms with Crippen molar-refractivity contribution >= 4 is 17.2 Å². The van der Waals surface area contributed by atoms with Gasteiger partial charge in [-0.2, -0.15) is 0 Å². The van der Waals surface area contributed by atoms with Crippen LogP contribution in [-0.4, -0.2) is 4.98 Å². The smallest absolute Gasteiger partial charge is 0.227 e. The molecule has 0 atom stereocenters. The number of aryl methyl sites for hydroxylation is 2. The number of nitrogens with zero attached hydrogens (tertiary/aromatic N) is 1. The van der Waals surface area contributed by atoms with Crippen molar-refractivity contribution in [3.63, 3.8) is 0 Å². The van der Waals surface area contributed by atoms with Gasteiger partial charge in [0.1, 0.15) is 5.76 Å². The van der Waals surface area contributed by atoms with Crippen LogP contribution in [0.25, 0.3) is 17.2 Å². The third-order valence-corrected chi connectivity index (χ3v) is 2.63. The maximum atomic E-state index is 5.71. The molecule has 0 saturated heterocycles. The molecule has 2 aromatic heterocycles. The van der Waals surface area contributed by atoms with Crippen molar-refractivity contribution in [1.82, 2.24) is 4.98 Å². The zero-order chi connectivity index (χ0) is 13.5. The minimum Gasteiger partial charge on any atom is -0.442 e. The van der Waals surface area contributed by atoms with Gasteiger partial charge in [0, 0.05) is 23.1 Å². The molecule has 0 N–H and O–H groups in total. The molecule has 0 bridgehead atoms. The van der Waals surface area contributed by atoms with Crippen molar-refractivity contribution in [2.75, 3.05) is 0 Å². The van der Waals surface area contributed by atoms with Crippen LogP contribution in [0.4, 0.5) is 0 Å². The van der Waals surface area contributed by atoms with Gasteiger partial charge in [-0.1, -0.05) is 39.8 Å². The van der Waals surface area contributed by atoms with Crippen LogP contribution >= 0.6 is 0 Å². The Morgan fingerprint density at radius 2 is 1.83 bits per heavy atom. The maximum Gasteiger partial charge on any atom is 0.227 e. The molecule has 0 unspecified atom stereocenters. The summed E-state index contributed by atoms with van der Waals surface area (Å²) < 4.78 is 5.71. The second kappa shape index (κ2) is 7.00. The average Bonchev–Trinajstić information content (AvgIpc) is 2.80. The molecule has 0 saturated carbocycles. The number of aromatic nitrogens is 1. The lowest BCUT2D eigenvalue weighted by Crippen LogP contribution is -1.88. The van der Waals surface area contributed by atoms with Crippen molar-refractivity contribution in [3.8, 4) is 0 Å². The fraction of sp³-hybridized carbons (Fsp3) is 0.438. The zero-order valence-corrected chi connectivity index (χ0v) is 12.1. The van der Waals surface area contributed by atoms with E-state index >= 15 is 0 Å². The molecule has 18 heavy (non-hydrogen) atoms. The minimum atomic E-state index is 0.779. The molecule has 1 aliphatic carbocycles. The van der Waals surface area contributed by atoms with Gasteiger partial charge in [0.2, 0.25) is 5.71 Å². The average molecular weight is 245 g/mol. The van der Waals surface area contributed by atoms with Crippen molar-refractivity contribution in [1.29, 1.82) is 0 Å². The summed E-state index contributed by atoms with van der Waals surface area (Å²) in [5, 5.41) is 1.14. The molecule has 2 nitrogen and oxygen atoms in total. The Morgan fingerprint density at radius 3 is 2.56 bits per heavy atom. The van der Waals surface area contributed by atoms with E-state index < -0.39 is 0 Å². The largest absolute Gasteiger partial charge is 0.442 e. The topological polar surface area (TPSA) is 26.0 Å². The van der Waals surface area contributed by atoms with Gasteiger partial charge >= 0.3 is 0 Å². The number of allylic oxidation sites excluding steroid dienone is 1. The summed E-state index contributed by atoms with van der Waals surface area (Å²) in [5.41, 5.74) is 3.01. The van der Waals surface area contributed by atoms with Gasteiger partial charge in [-0.05, 0) is 25.5 Å². The molecule has 0 aliphatic heterocycles. The third-order valence-electron chi connectivity index (χ3n) is 2.63. The quantitative estimate of drug-likeness (QED) is 0.641. The van der Waals surface area contributed by atoms with Gasteiger partial charge in [0.15, 0.2) is 0 Å². The van der Waals surface area contributed by atoms with E-state index in [9.17, 15) is 0 Å². The summed E-state index contributed by atoms with van der Waals surface area (Å²) in [7, 11) is 0. The lowest BCUT2D eigenvalue weighted by molar-refractivity contribution is 0.536. The van der Waals surface area contributed by atoms with Crippen LogP contribution in [0.1, 0.15) is 51.1 Å². The van der Waals surface area contributed by atoms with Gasteiger partial charge in [0.25, 0.3) is 0 Å². The van der Waals surface area contributed by atoms with E-state index in [0.717, 1.165) is 35.4 Å². The van der Waals surface area contributed by atoms with Crippen LogP contribution < -0.4 is 0 Å². The summed E-state index contributed by atoms with van der Waals surface area (Å²) >= 11 is 0. The second-order valence-electron chi connectivity index (χ2n) is 3.69. The molecule has 0 fully saturated rings. The lowest BCUT2D eigenvalue weighted by atomic mass is 10.0. The summed E-state index contributed by atoms with van der Waals surface area (Å²) in [5.74, 6) is 1.08. The number of pyridine rings is 1. The molecular formula is C16H23NO. The molecule has 0 aromatic carbocycles. The highest BCUT2D eigenvalue weighted by Gasteiger charge is 2.14. The number of furan rings is 1. The third kappa shape index (κ3) is 2.81. The Balaban J connectivity index is 0.000000371. The van der Waals surface area contributed by atoms with E-state index in [-0.39, 0.29) is 0 Å². The summed E-state index contributed by atoms with van der Waals surface area (Å²) in [6, 6.07) is 4.12. The van der Waals surface area contributed by atoms with Gasteiger partial charge in [-0.15, -0.1) is 0 Å². The Kier molecular flexibility index (Phi) is 5.63. The van der Waals surface area contributed by atoms with Crippen molar-refractivity contribution in [3.05, 3.63) is 35.2 Å². The molecule has 2 aromatic rings. The van der Waals surface area contributed by atoms with Crippen LogP contribution in [0.15, 0.2) is 22.6 Å². The van der Waals surface area contributed by atoms with E-state index in [1.165, 1.54) is 5.56 Å². The van der Waals surface area contributed by atoms with Crippen LogP contribution in [0.3, 0.4) is 0 Å². The summed E-state index contributed by atoms with van der Waals surface area (Å²) in [6.07, 6.45) is 6.41. The second-order valence-corrected chi connectivity index (χ2v) is 3.69.